The van der Waals surface area contributed by atoms with Crippen LogP contribution in [0.1, 0.15) is 11.1 Å². The fraction of sp³-hybridized carbons (Fsp3) is 0.417. The molecule has 0 unspecified atom stereocenters. The van der Waals surface area contributed by atoms with Crippen molar-refractivity contribution < 1.29 is 22.7 Å². The van der Waals surface area contributed by atoms with Gasteiger partial charge in [0.05, 0.1) is 7.11 Å². The fourth-order valence-corrected chi connectivity index (χ4v) is 1.51. The van der Waals surface area contributed by atoms with E-state index in [0.717, 1.165) is 11.1 Å². The van der Waals surface area contributed by atoms with Gasteiger partial charge in [-0.25, -0.2) is 0 Å². The third kappa shape index (κ3) is 3.94. The second kappa shape index (κ2) is 5.75. The smallest absolute Gasteiger partial charge is 0.471 e. The summed E-state index contributed by atoms with van der Waals surface area (Å²) in [5.74, 6) is -1.32. The zero-order chi connectivity index (χ0) is 13.8. The highest BCUT2D eigenvalue weighted by Crippen LogP contribution is 2.20. The van der Waals surface area contributed by atoms with Crippen molar-refractivity contribution in [3.05, 3.63) is 29.3 Å². The Morgan fingerprint density at radius 3 is 2.61 bits per heavy atom. The van der Waals surface area contributed by atoms with Crippen molar-refractivity contribution in [3.8, 4) is 5.75 Å². The maximum Gasteiger partial charge on any atom is 0.471 e. The van der Waals surface area contributed by atoms with Gasteiger partial charge in [0.1, 0.15) is 5.75 Å². The molecule has 1 aromatic carbocycles. The summed E-state index contributed by atoms with van der Waals surface area (Å²) in [6.07, 6.45) is -4.55. The number of ether oxygens (including phenoxy) is 1. The number of halogens is 3. The molecule has 0 radical (unpaired) electrons. The predicted octanol–water partition coefficient (Wildman–Crippen LogP) is 2.22. The SMILES string of the molecule is COc1ccc(C)cc1CCNC(=O)C(F)(F)F. The van der Waals surface area contributed by atoms with Gasteiger partial charge in [-0.2, -0.15) is 13.2 Å². The lowest BCUT2D eigenvalue weighted by Crippen LogP contribution is -2.37. The zero-order valence-electron chi connectivity index (χ0n) is 10.1. The molecule has 0 saturated carbocycles. The minimum absolute atomic E-state index is 0.0852. The number of aryl methyl sites for hydroxylation is 1. The highest BCUT2D eigenvalue weighted by Gasteiger charge is 2.38. The van der Waals surface area contributed by atoms with Crippen molar-refractivity contribution in [3.63, 3.8) is 0 Å². The third-order valence-electron chi connectivity index (χ3n) is 2.37. The maximum atomic E-state index is 11.9. The van der Waals surface area contributed by atoms with Crippen molar-refractivity contribution in [2.75, 3.05) is 13.7 Å². The Balaban J connectivity index is 2.59. The Morgan fingerprint density at radius 2 is 2.06 bits per heavy atom. The Bertz CT molecular complexity index is 430. The van der Waals surface area contributed by atoms with E-state index in [4.69, 9.17) is 4.74 Å². The molecule has 100 valence electrons. The van der Waals surface area contributed by atoms with Gasteiger partial charge in [0.15, 0.2) is 0 Å². The first kappa shape index (κ1) is 14.3. The van der Waals surface area contributed by atoms with Gasteiger partial charge < -0.3 is 10.1 Å². The number of hydrogen-bond donors (Lipinski definition) is 1. The topological polar surface area (TPSA) is 38.3 Å². The summed E-state index contributed by atoms with van der Waals surface area (Å²) in [6.45, 7) is 1.79. The molecule has 1 amide bonds. The molecule has 0 saturated heterocycles. The summed E-state index contributed by atoms with van der Waals surface area (Å²) in [4.78, 5) is 10.6. The first-order chi connectivity index (χ1) is 8.34. The normalized spacial score (nSPS) is 11.2. The van der Waals surface area contributed by atoms with E-state index >= 15 is 0 Å². The molecule has 1 rings (SSSR count). The standard InChI is InChI=1S/C12H14F3NO2/c1-8-3-4-10(18-2)9(7-8)5-6-16-11(17)12(13,14)15/h3-4,7H,5-6H2,1-2H3,(H,16,17). The average molecular weight is 261 g/mol. The van der Waals surface area contributed by atoms with E-state index in [9.17, 15) is 18.0 Å². The number of rotatable bonds is 4. The Kier molecular flexibility index (Phi) is 4.58. The van der Waals surface area contributed by atoms with Gasteiger partial charge in [-0.15, -0.1) is 0 Å². The molecule has 0 atom stereocenters. The molecule has 1 aromatic rings. The highest BCUT2D eigenvalue weighted by molar-refractivity contribution is 5.81. The van der Waals surface area contributed by atoms with Gasteiger partial charge in [0.2, 0.25) is 0 Å². The van der Waals surface area contributed by atoms with Crippen LogP contribution in [0.3, 0.4) is 0 Å². The predicted molar refractivity (Wildman–Crippen MR) is 60.5 cm³/mol. The molecule has 3 nitrogen and oxygen atoms in total. The quantitative estimate of drug-likeness (QED) is 0.902. The lowest BCUT2D eigenvalue weighted by Gasteiger charge is -2.11. The third-order valence-corrected chi connectivity index (χ3v) is 2.37. The monoisotopic (exact) mass is 261 g/mol. The molecule has 18 heavy (non-hydrogen) atoms. The molecule has 0 aliphatic carbocycles. The van der Waals surface area contributed by atoms with Crippen LogP contribution in [0.4, 0.5) is 13.2 Å². The summed E-state index contributed by atoms with van der Waals surface area (Å²) in [6, 6.07) is 5.41. The number of nitrogens with one attached hydrogen (secondary N) is 1. The minimum Gasteiger partial charge on any atom is -0.496 e. The molecule has 0 aromatic heterocycles. The molecule has 0 aliphatic heterocycles. The van der Waals surface area contributed by atoms with Gasteiger partial charge in [-0.3, -0.25) is 4.79 Å². The van der Waals surface area contributed by atoms with Gasteiger partial charge in [-0.05, 0) is 25.0 Å². The molecule has 6 heteroatoms. The van der Waals surface area contributed by atoms with Crippen LogP contribution in [0, 0.1) is 6.92 Å². The van der Waals surface area contributed by atoms with E-state index in [1.165, 1.54) is 7.11 Å². The van der Waals surface area contributed by atoms with Crippen LogP contribution in [0.5, 0.6) is 5.75 Å². The van der Waals surface area contributed by atoms with E-state index in [1.54, 1.807) is 6.07 Å². The van der Waals surface area contributed by atoms with E-state index in [0.29, 0.717) is 5.75 Å². The van der Waals surface area contributed by atoms with Crippen LogP contribution < -0.4 is 10.1 Å². The van der Waals surface area contributed by atoms with E-state index in [1.807, 2.05) is 24.4 Å². The van der Waals surface area contributed by atoms with E-state index < -0.39 is 12.1 Å². The van der Waals surface area contributed by atoms with Crippen molar-refractivity contribution in [2.45, 2.75) is 19.5 Å². The second-order valence-electron chi connectivity index (χ2n) is 3.82. The molecule has 0 spiro atoms. The zero-order valence-corrected chi connectivity index (χ0v) is 10.1. The van der Waals surface area contributed by atoms with Crippen molar-refractivity contribution in [1.82, 2.24) is 5.32 Å². The van der Waals surface area contributed by atoms with Crippen LogP contribution in [0.2, 0.25) is 0 Å². The number of hydrogen-bond acceptors (Lipinski definition) is 2. The van der Waals surface area contributed by atoms with Crippen LogP contribution in [0.25, 0.3) is 0 Å². The summed E-state index contributed by atoms with van der Waals surface area (Å²) >= 11 is 0. The van der Waals surface area contributed by atoms with Crippen LogP contribution in [-0.4, -0.2) is 25.7 Å². The number of carbonyl (C=O) groups is 1. The largest absolute Gasteiger partial charge is 0.496 e. The van der Waals surface area contributed by atoms with Gasteiger partial charge in [0, 0.05) is 6.54 Å². The molecule has 0 fully saturated rings. The Hall–Kier alpha value is -1.72. The summed E-state index contributed by atoms with van der Waals surface area (Å²) < 4.78 is 40.9. The average Bonchev–Trinajstić information content (AvgIpc) is 2.28. The van der Waals surface area contributed by atoms with E-state index in [2.05, 4.69) is 0 Å². The lowest BCUT2D eigenvalue weighted by atomic mass is 10.1. The minimum atomic E-state index is -4.84. The molecular weight excluding hydrogens is 247 g/mol. The Morgan fingerprint density at radius 1 is 1.39 bits per heavy atom. The summed E-state index contributed by atoms with van der Waals surface area (Å²) in [5.41, 5.74) is 1.74. The van der Waals surface area contributed by atoms with Crippen molar-refractivity contribution in [1.29, 1.82) is 0 Å². The number of benzene rings is 1. The van der Waals surface area contributed by atoms with Gasteiger partial charge in [-0.1, -0.05) is 17.7 Å². The number of alkyl halides is 3. The number of methoxy groups -OCH3 is 1. The highest BCUT2D eigenvalue weighted by atomic mass is 19.4. The van der Waals surface area contributed by atoms with Gasteiger partial charge in [0.25, 0.3) is 0 Å². The van der Waals surface area contributed by atoms with Crippen molar-refractivity contribution >= 4 is 5.91 Å². The first-order valence-corrected chi connectivity index (χ1v) is 5.33. The number of carbonyl (C=O) groups excluding carboxylic acids is 1. The summed E-state index contributed by atoms with van der Waals surface area (Å²) in [7, 11) is 1.49. The first-order valence-electron chi connectivity index (χ1n) is 5.33. The molecular formula is C12H14F3NO2. The van der Waals surface area contributed by atoms with Crippen LogP contribution in [-0.2, 0) is 11.2 Å². The molecule has 0 heterocycles. The summed E-state index contributed by atoms with van der Waals surface area (Å²) in [5, 5.41) is 1.82. The van der Waals surface area contributed by atoms with Gasteiger partial charge >= 0.3 is 12.1 Å². The molecule has 1 N–H and O–H groups in total. The number of amides is 1. The maximum absolute atomic E-state index is 11.9. The van der Waals surface area contributed by atoms with E-state index in [-0.39, 0.29) is 13.0 Å². The second-order valence-corrected chi connectivity index (χ2v) is 3.82. The Labute approximate surface area is 103 Å². The van der Waals surface area contributed by atoms with Crippen molar-refractivity contribution in [2.24, 2.45) is 0 Å². The van der Waals surface area contributed by atoms with Crippen LogP contribution in [0.15, 0.2) is 18.2 Å². The lowest BCUT2D eigenvalue weighted by molar-refractivity contribution is -0.173. The molecule has 0 aliphatic rings. The molecule has 0 bridgehead atoms. The fourth-order valence-electron chi connectivity index (χ4n) is 1.51. The van der Waals surface area contributed by atoms with Crippen LogP contribution >= 0.6 is 0 Å².